The van der Waals surface area contributed by atoms with Crippen molar-refractivity contribution in [1.82, 2.24) is 0 Å². The lowest BCUT2D eigenvalue weighted by molar-refractivity contribution is 1.46. The van der Waals surface area contributed by atoms with E-state index in [1.54, 1.807) is 0 Å². The predicted molar refractivity (Wildman–Crippen MR) is 156 cm³/mol. The van der Waals surface area contributed by atoms with Gasteiger partial charge in [0.2, 0.25) is 0 Å². The average molecular weight is 465 g/mol. The van der Waals surface area contributed by atoms with Crippen LogP contribution in [0.25, 0.3) is 32.7 Å². The second-order valence-electron chi connectivity index (χ2n) is 9.39. The molecular weight excluding hydrogens is 436 g/mol. The molecule has 0 radical (unpaired) electrons. The van der Waals surface area contributed by atoms with Crippen LogP contribution in [-0.2, 0) is 0 Å². The zero-order valence-electron chi connectivity index (χ0n) is 20.5. The second-order valence-corrected chi connectivity index (χ2v) is 9.39. The maximum absolute atomic E-state index is 3.62. The molecule has 2 N–H and O–H groups in total. The van der Waals surface area contributed by atoms with Crippen molar-refractivity contribution in [3.8, 4) is 11.1 Å². The quantitative estimate of drug-likeness (QED) is 0.265. The Morgan fingerprint density at radius 3 is 1.11 bits per heavy atom. The van der Waals surface area contributed by atoms with Crippen LogP contribution in [0.5, 0.6) is 0 Å². The lowest BCUT2D eigenvalue weighted by Crippen LogP contribution is -1.95. The summed E-state index contributed by atoms with van der Waals surface area (Å²) in [5.41, 5.74) is 9.39. The van der Waals surface area contributed by atoms with E-state index >= 15 is 0 Å². The molecule has 36 heavy (non-hydrogen) atoms. The molecule has 0 aromatic heterocycles. The van der Waals surface area contributed by atoms with Gasteiger partial charge >= 0.3 is 0 Å². The summed E-state index contributed by atoms with van der Waals surface area (Å²) in [6.45, 7) is 4.22. The van der Waals surface area contributed by atoms with E-state index in [9.17, 15) is 0 Å². The first-order valence-electron chi connectivity index (χ1n) is 12.4. The molecule has 0 amide bonds. The minimum atomic E-state index is 1.09. The normalized spacial score (nSPS) is 11.1. The lowest BCUT2D eigenvalue weighted by atomic mass is 9.92. The third-order valence-corrected chi connectivity index (χ3v) is 6.80. The molecule has 0 heterocycles. The van der Waals surface area contributed by atoms with Gasteiger partial charge in [-0.25, -0.2) is 0 Å². The van der Waals surface area contributed by atoms with Crippen LogP contribution in [0.4, 0.5) is 22.7 Å². The van der Waals surface area contributed by atoms with Gasteiger partial charge in [-0.2, -0.15) is 0 Å². The SMILES string of the molecule is Cc1ccc(Nc2ccc(-c3ccc(Nc4ccc(C)cc4)c4ccccc34)c3ccccc23)cc1. The van der Waals surface area contributed by atoms with Gasteiger partial charge in [-0.05, 0) is 72.1 Å². The summed E-state index contributed by atoms with van der Waals surface area (Å²) in [6, 6.07) is 43.3. The Morgan fingerprint density at radius 1 is 0.361 bits per heavy atom. The van der Waals surface area contributed by atoms with E-state index in [1.807, 2.05) is 0 Å². The topological polar surface area (TPSA) is 24.1 Å². The molecule has 2 heteroatoms. The molecule has 6 rings (SSSR count). The van der Waals surface area contributed by atoms with Crippen LogP contribution in [0.1, 0.15) is 11.1 Å². The first kappa shape index (κ1) is 21.9. The van der Waals surface area contributed by atoms with Crippen molar-refractivity contribution in [2.75, 3.05) is 10.6 Å². The van der Waals surface area contributed by atoms with Crippen LogP contribution in [0.2, 0.25) is 0 Å². The van der Waals surface area contributed by atoms with Crippen molar-refractivity contribution in [1.29, 1.82) is 0 Å². The number of hydrogen-bond donors (Lipinski definition) is 2. The molecule has 0 unspecified atom stereocenters. The van der Waals surface area contributed by atoms with Crippen molar-refractivity contribution < 1.29 is 0 Å². The van der Waals surface area contributed by atoms with E-state index in [4.69, 9.17) is 0 Å². The zero-order chi connectivity index (χ0) is 24.5. The number of fused-ring (bicyclic) bond motifs is 2. The summed E-state index contributed by atoms with van der Waals surface area (Å²) >= 11 is 0. The van der Waals surface area contributed by atoms with E-state index in [1.165, 1.54) is 43.8 Å². The third kappa shape index (κ3) is 4.18. The molecule has 0 aliphatic carbocycles. The Morgan fingerprint density at radius 2 is 0.722 bits per heavy atom. The van der Waals surface area contributed by atoms with E-state index in [0.717, 1.165) is 22.7 Å². The smallest absolute Gasteiger partial charge is 0.0464 e. The van der Waals surface area contributed by atoms with Crippen molar-refractivity contribution in [2.24, 2.45) is 0 Å². The fourth-order valence-electron chi connectivity index (χ4n) is 4.87. The van der Waals surface area contributed by atoms with Crippen molar-refractivity contribution in [3.63, 3.8) is 0 Å². The summed E-state index contributed by atoms with van der Waals surface area (Å²) in [6.07, 6.45) is 0. The van der Waals surface area contributed by atoms with Crippen LogP contribution in [-0.4, -0.2) is 0 Å². The lowest BCUT2D eigenvalue weighted by Gasteiger charge is -2.17. The number of benzene rings is 6. The van der Waals surface area contributed by atoms with Crippen LogP contribution in [0, 0.1) is 13.8 Å². The molecule has 0 aliphatic rings. The summed E-state index contributed by atoms with van der Waals surface area (Å²) in [4.78, 5) is 0. The maximum atomic E-state index is 3.62. The Labute approximate surface area is 212 Å². The molecule has 0 aliphatic heterocycles. The molecule has 6 aromatic rings. The van der Waals surface area contributed by atoms with Gasteiger partial charge in [-0.1, -0.05) is 96.1 Å². The van der Waals surface area contributed by atoms with Gasteiger partial charge in [0.25, 0.3) is 0 Å². The van der Waals surface area contributed by atoms with E-state index in [-0.39, 0.29) is 0 Å². The number of rotatable bonds is 5. The minimum Gasteiger partial charge on any atom is -0.355 e. The second kappa shape index (κ2) is 9.24. The van der Waals surface area contributed by atoms with Crippen LogP contribution in [0.3, 0.4) is 0 Å². The summed E-state index contributed by atoms with van der Waals surface area (Å²) in [5, 5.41) is 12.1. The fourth-order valence-corrected chi connectivity index (χ4v) is 4.87. The highest BCUT2D eigenvalue weighted by Gasteiger charge is 2.13. The van der Waals surface area contributed by atoms with Gasteiger partial charge in [0.15, 0.2) is 0 Å². The molecule has 0 spiro atoms. The zero-order valence-corrected chi connectivity index (χ0v) is 20.5. The van der Waals surface area contributed by atoms with E-state index in [0.29, 0.717) is 0 Å². The van der Waals surface area contributed by atoms with Gasteiger partial charge in [-0.15, -0.1) is 0 Å². The monoisotopic (exact) mass is 464 g/mol. The molecule has 0 bridgehead atoms. The van der Waals surface area contributed by atoms with Gasteiger partial charge in [-0.3, -0.25) is 0 Å². The summed E-state index contributed by atoms with van der Waals surface area (Å²) in [5.74, 6) is 0. The van der Waals surface area contributed by atoms with Gasteiger partial charge < -0.3 is 10.6 Å². The Kier molecular flexibility index (Phi) is 5.63. The van der Waals surface area contributed by atoms with Gasteiger partial charge in [0.1, 0.15) is 0 Å². The van der Waals surface area contributed by atoms with Gasteiger partial charge in [0.05, 0.1) is 0 Å². The van der Waals surface area contributed by atoms with E-state index < -0.39 is 0 Å². The molecule has 0 saturated heterocycles. The predicted octanol–water partition coefficient (Wildman–Crippen LogP) is 9.76. The molecule has 174 valence electrons. The first-order chi connectivity index (χ1) is 17.7. The van der Waals surface area contributed by atoms with Crippen LogP contribution in [0.15, 0.2) is 121 Å². The molecule has 0 fully saturated rings. The standard InChI is InChI=1S/C34H28N2/c1-23-11-15-25(16-12-23)35-33-21-19-29(27-7-3-5-9-31(27)33)30-20-22-34(32-10-6-4-8-28(30)32)36-26-17-13-24(2)14-18-26/h3-22,35-36H,1-2H3. The van der Waals surface area contributed by atoms with Gasteiger partial charge in [0, 0.05) is 33.5 Å². The highest BCUT2D eigenvalue weighted by Crippen LogP contribution is 2.40. The maximum Gasteiger partial charge on any atom is 0.0464 e. The van der Waals surface area contributed by atoms with E-state index in [2.05, 4.69) is 146 Å². The number of hydrogen-bond acceptors (Lipinski definition) is 2. The highest BCUT2D eigenvalue weighted by molar-refractivity contribution is 6.11. The third-order valence-electron chi connectivity index (χ3n) is 6.80. The molecule has 0 saturated carbocycles. The number of aryl methyl sites for hydroxylation is 2. The average Bonchev–Trinajstić information content (AvgIpc) is 2.92. The van der Waals surface area contributed by atoms with Crippen LogP contribution >= 0.6 is 0 Å². The van der Waals surface area contributed by atoms with Crippen molar-refractivity contribution in [3.05, 3.63) is 132 Å². The molecule has 2 nitrogen and oxygen atoms in total. The molecule has 6 aromatic carbocycles. The van der Waals surface area contributed by atoms with Crippen molar-refractivity contribution >= 4 is 44.3 Å². The Balaban J connectivity index is 1.45. The summed E-state index contributed by atoms with van der Waals surface area (Å²) in [7, 11) is 0. The highest BCUT2D eigenvalue weighted by atomic mass is 14.9. The Bertz CT molecular complexity index is 1550. The molecule has 0 atom stereocenters. The summed E-state index contributed by atoms with van der Waals surface area (Å²) < 4.78 is 0. The van der Waals surface area contributed by atoms with Crippen molar-refractivity contribution in [2.45, 2.75) is 13.8 Å². The minimum absolute atomic E-state index is 1.09. The number of anilines is 4. The number of nitrogens with one attached hydrogen (secondary N) is 2. The first-order valence-corrected chi connectivity index (χ1v) is 12.4. The van der Waals surface area contributed by atoms with Crippen LogP contribution < -0.4 is 10.6 Å². The molecular formula is C34H28N2. The Hall–Kier alpha value is -4.56. The largest absolute Gasteiger partial charge is 0.355 e. The fraction of sp³-hybridized carbons (Fsp3) is 0.0588.